The Kier molecular flexibility index (Phi) is 3.33. The maximum atomic E-state index is 14.6. The predicted molar refractivity (Wildman–Crippen MR) is 79.2 cm³/mol. The molecule has 1 aliphatic carbocycles. The van der Waals surface area contributed by atoms with Crippen molar-refractivity contribution in [3.63, 3.8) is 0 Å². The van der Waals surface area contributed by atoms with Crippen molar-refractivity contribution >= 4 is 0 Å². The van der Waals surface area contributed by atoms with Gasteiger partial charge in [0, 0.05) is 5.56 Å². The Labute approximate surface area is 123 Å². The van der Waals surface area contributed by atoms with Gasteiger partial charge in [-0.25, -0.2) is 4.39 Å². The molecule has 0 amide bonds. The average Bonchev–Trinajstić information content (AvgIpc) is 2.85. The minimum atomic E-state index is -0.845. The maximum Gasteiger partial charge on any atom is 0.170 e. The molecular formula is C17H18FNO2. The smallest absolute Gasteiger partial charge is 0.170 e. The minimum absolute atomic E-state index is 0.216. The number of hydrogen-bond acceptors (Lipinski definition) is 3. The van der Waals surface area contributed by atoms with E-state index in [0.29, 0.717) is 12.0 Å². The third kappa shape index (κ3) is 2.07. The maximum absolute atomic E-state index is 14.6. The number of fused-ring (bicyclic) bond motifs is 1. The number of methoxy groups -OCH3 is 2. The zero-order chi connectivity index (χ0) is 15.0. The highest BCUT2D eigenvalue weighted by molar-refractivity contribution is 5.51. The molecule has 0 aliphatic heterocycles. The first-order chi connectivity index (χ1) is 10.1. The van der Waals surface area contributed by atoms with Gasteiger partial charge >= 0.3 is 0 Å². The van der Waals surface area contributed by atoms with Gasteiger partial charge in [0.05, 0.1) is 19.8 Å². The Morgan fingerprint density at radius 3 is 2.62 bits per heavy atom. The zero-order valence-corrected chi connectivity index (χ0v) is 12.2. The molecule has 3 nitrogen and oxygen atoms in total. The van der Waals surface area contributed by atoms with Crippen molar-refractivity contribution in [1.29, 1.82) is 0 Å². The fourth-order valence-corrected chi connectivity index (χ4v) is 3.08. The lowest BCUT2D eigenvalue weighted by atomic mass is 9.84. The molecule has 2 N–H and O–H groups in total. The van der Waals surface area contributed by atoms with E-state index in [-0.39, 0.29) is 5.75 Å². The molecule has 2 aromatic carbocycles. The van der Waals surface area contributed by atoms with Crippen LogP contribution in [-0.4, -0.2) is 14.2 Å². The van der Waals surface area contributed by atoms with Crippen LogP contribution < -0.4 is 15.2 Å². The van der Waals surface area contributed by atoms with Crippen molar-refractivity contribution in [2.75, 3.05) is 14.2 Å². The first-order valence-electron chi connectivity index (χ1n) is 6.89. The molecule has 0 saturated heterocycles. The molecule has 0 spiro atoms. The lowest BCUT2D eigenvalue weighted by molar-refractivity contribution is 0.376. The summed E-state index contributed by atoms with van der Waals surface area (Å²) < 4.78 is 24.9. The van der Waals surface area contributed by atoms with Gasteiger partial charge in [0.25, 0.3) is 0 Å². The van der Waals surface area contributed by atoms with E-state index in [0.717, 1.165) is 23.3 Å². The highest BCUT2D eigenvalue weighted by Crippen LogP contribution is 2.43. The second-order valence-electron chi connectivity index (χ2n) is 5.32. The molecule has 21 heavy (non-hydrogen) atoms. The molecule has 1 unspecified atom stereocenters. The van der Waals surface area contributed by atoms with Crippen molar-refractivity contribution in [3.8, 4) is 11.5 Å². The summed E-state index contributed by atoms with van der Waals surface area (Å²) in [5.41, 5.74) is 8.28. The molecule has 0 heterocycles. The molecule has 0 radical (unpaired) electrons. The van der Waals surface area contributed by atoms with E-state index in [9.17, 15) is 4.39 Å². The lowest BCUT2D eigenvalue weighted by Gasteiger charge is -2.27. The lowest BCUT2D eigenvalue weighted by Crippen LogP contribution is -2.36. The Morgan fingerprint density at radius 2 is 1.90 bits per heavy atom. The van der Waals surface area contributed by atoms with Crippen LogP contribution in [0.15, 0.2) is 36.4 Å². The average molecular weight is 287 g/mol. The van der Waals surface area contributed by atoms with Crippen molar-refractivity contribution in [3.05, 3.63) is 58.9 Å². The van der Waals surface area contributed by atoms with Gasteiger partial charge in [-0.2, -0.15) is 0 Å². The van der Waals surface area contributed by atoms with Crippen LogP contribution in [0.1, 0.15) is 23.1 Å². The molecule has 0 bridgehead atoms. The van der Waals surface area contributed by atoms with Crippen LogP contribution in [0.25, 0.3) is 0 Å². The van der Waals surface area contributed by atoms with E-state index in [1.165, 1.54) is 7.11 Å². The van der Waals surface area contributed by atoms with Gasteiger partial charge in [0.1, 0.15) is 5.75 Å². The normalized spacial score (nSPS) is 20.2. The summed E-state index contributed by atoms with van der Waals surface area (Å²) in [7, 11) is 3.07. The van der Waals surface area contributed by atoms with Gasteiger partial charge in [-0.1, -0.05) is 18.2 Å². The molecule has 0 saturated carbocycles. The van der Waals surface area contributed by atoms with Gasteiger partial charge in [0.2, 0.25) is 0 Å². The van der Waals surface area contributed by atoms with Crippen molar-refractivity contribution in [2.45, 2.75) is 18.4 Å². The number of hydrogen-bond donors (Lipinski definition) is 1. The molecule has 110 valence electrons. The molecule has 1 atom stereocenters. The fraction of sp³-hybridized carbons (Fsp3) is 0.294. The van der Waals surface area contributed by atoms with Crippen LogP contribution in [0.2, 0.25) is 0 Å². The van der Waals surface area contributed by atoms with Crippen LogP contribution in [0.3, 0.4) is 0 Å². The summed E-state index contributed by atoms with van der Waals surface area (Å²) in [6, 6.07) is 10.9. The van der Waals surface area contributed by atoms with Crippen molar-refractivity contribution < 1.29 is 13.9 Å². The monoisotopic (exact) mass is 287 g/mol. The van der Waals surface area contributed by atoms with E-state index >= 15 is 0 Å². The van der Waals surface area contributed by atoms with E-state index < -0.39 is 11.4 Å². The minimum Gasteiger partial charge on any atom is -0.497 e. The number of halogens is 1. The number of nitrogens with two attached hydrogens (primary N) is 1. The van der Waals surface area contributed by atoms with E-state index in [1.54, 1.807) is 25.3 Å². The van der Waals surface area contributed by atoms with Gasteiger partial charge in [-0.05, 0) is 42.2 Å². The first-order valence-corrected chi connectivity index (χ1v) is 6.89. The summed E-state index contributed by atoms with van der Waals surface area (Å²) in [5, 5.41) is 0. The van der Waals surface area contributed by atoms with E-state index in [1.807, 2.05) is 18.2 Å². The molecular weight excluding hydrogens is 269 g/mol. The number of aryl methyl sites for hydroxylation is 1. The summed E-state index contributed by atoms with van der Waals surface area (Å²) >= 11 is 0. The number of ether oxygens (including phenoxy) is 2. The van der Waals surface area contributed by atoms with Crippen LogP contribution in [-0.2, 0) is 12.0 Å². The second kappa shape index (κ2) is 5.04. The zero-order valence-electron chi connectivity index (χ0n) is 12.2. The second-order valence-corrected chi connectivity index (χ2v) is 5.32. The van der Waals surface area contributed by atoms with Crippen LogP contribution >= 0.6 is 0 Å². The van der Waals surface area contributed by atoms with Crippen LogP contribution in [0.4, 0.5) is 4.39 Å². The highest BCUT2D eigenvalue weighted by atomic mass is 19.1. The molecule has 3 rings (SSSR count). The largest absolute Gasteiger partial charge is 0.497 e. The van der Waals surface area contributed by atoms with Crippen LogP contribution in [0.5, 0.6) is 11.5 Å². The molecule has 2 aromatic rings. The van der Waals surface area contributed by atoms with Crippen molar-refractivity contribution in [1.82, 2.24) is 0 Å². The third-order valence-corrected chi connectivity index (χ3v) is 4.25. The molecule has 1 aliphatic rings. The Hall–Kier alpha value is -2.07. The predicted octanol–water partition coefficient (Wildman–Crippen LogP) is 2.99. The van der Waals surface area contributed by atoms with Crippen LogP contribution in [0, 0.1) is 5.82 Å². The van der Waals surface area contributed by atoms with Gasteiger partial charge < -0.3 is 15.2 Å². The van der Waals surface area contributed by atoms with E-state index in [4.69, 9.17) is 15.2 Å². The summed E-state index contributed by atoms with van der Waals surface area (Å²) in [6.45, 7) is 0. The van der Waals surface area contributed by atoms with Crippen molar-refractivity contribution in [2.24, 2.45) is 5.73 Å². The Morgan fingerprint density at radius 1 is 1.10 bits per heavy atom. The summed E-state index contributed by atoms with van der Waals surface area (Å²) in [4.78, 5) is 0. The van der Waals surface area contributed by atoms with Gasteiger partial charge in [-0.15, -0.1) is 0 Å². The standard InChI is InChI=1S/C17H18FNO2/c1-20-12-7-6-11-8-9-17(19,14(11)10-12)13-4-3-5-15(21-2)16(13)18/h3-7,10H,8-9,19H2,1-2H3. The summed E-state index contributed by atoms with van der Waals surface area (Å²) in [6.07, 6.45) is 1.49. The Balaban J connectivity index is 2.17. The highest BCUT2D eigenvalue weighted by Gasteiger charge is 2.39. The number of rotatable bonds is 3. The molecule has 4 heteroatoms. The Bertz CT molecular complexity index is 686. The fourth-order valence-electron chi connectivity index (χ4n) is 3.08. The third-order valence-electron chi connectivity index (χ3n) is 4.25. The van der Waals surface area contributed by atoms with E-state index in [2.05, 4.69) is 0 Å². The van der Waals surface area contributed by atoms with Gasteiger partial charge in [0.15, 0.2) is 11.6 Å². The number of benzene rings is 2. The quantitative estimate of drug-likeness (QED) is 0.944. The van der Waals surface area contributed by atoms with Gasteiger partial charge in [-0.3, -0.25) is 0 Å². The molecule has 0 aromatic heterocycles. The first kappa shape index (κ1) is 13.9. The summed E-state index contributed by atoms with van der Waals surface area (Å²) in [5.74, 6) is 0.556. The molecule has 0 fully saturated rings. The SMILES string of the molecule is COc1ccc2c(c1)C(N)(c1cccc(OC)c1F)CC2. The topological polar surface area (TPSA) is 44.5 Å².